The summed E-state index contributed by atoms with van der Waals surface area (Å²) >= 11 is 0. The Bertz CT molecular complexity index is 1520. The van der Waals surface area contributed by atoms with E-state index in [0.29, 0.717) is 5.92 Å². The highest BCUT2D eigenvalue weighted by Crippen LogP contribution is 2.32. The first kappa shape index (κ1) is 28.1. The third-order valence-electron chi connectivity index (χ3n) is 6.82. The number of nitrogens with zero attached hydrogens (tertiary/aromatic N) is 3. The van der Waals surface area contributed by atoms with E-state index in [1.807, 2.05) is 24.8 Å². The molecular weight excluding hydrogens is 480 g/mol. The quantitative estimate of drug-likeness (QED) is 0.160. The van der Waals surface area contributed by atoms with Gasteiger partial charge in [-0.15, -0.1) is 0 Å². The number of hydrogen-bond acceptors (Lipinski definition) is 4. The van der Waals surface area contributed by atoms with Crippen molar-refractivity contribution in [3.8, 4) is 22.5 Å². The minimum Gasteiger partial charge on any atom is -0.358 e. The predicted molar refractivity (Wildman–Crippen MR) is 166 cm³/mol. The highest BCUT2D eigenvalue weighted by Gasteiger charge is 2.13. The first-order valence-corrected chi connectivity index (χ1v) is 14.2. The van der Waals surface area contributed by atoms with Crippen LogP contribution in [0, 0.1) is 12.8 Å². The van der Waals surface area contributed by atoms with E-state index in [9.17, 15) is 0 Å². The number of H-pyrrole nitrogens is 2. The van der Waals surface area contributed by atoms with E-state index < -0.39 is 0 Å². The molecule has 0 fully saturated rings. The van der Waals surface area contributed by atoms with Crippen molar-refractivity contribution in [1.29, 1.82) is 0 Å². The molecular formula is C33H42N6. The number of aromatic nitrogens is 5. The molecule has 6 nitrogen and oxygen atoms in total. The molecule has 4 heterocycles. The first-order valence-electron chi connectivity index (χ1n) is 14.2. The number of anilines is 1. The van der Waals surface area contributed by atoms with Gasteiger partial charge in [0.2, 0.25) is 0 Å². The molecule has 0 atom stereocenters. The van der Waals surface area contributed by atoms with E-state index in [2.05, 4.69) is 102 Å². The maximum absolute atomic E-state index is 4.59. The van der Waals surface area contributed by atoms with Crippen molar-refractivity contribution in [2.75, 3.05) is 5.32 Å². The number of aryl methyl sites for hydroxylation is 1. The summed E-state index contributed by atoms with van der Waals surface area (Å²) in [7, 11) is 0. The van der Waals surface area contributed by atoms with Crippen LogP contribution in [0.5, 0.6) is 0 Å². The van der Waals surface area contributed by atoms with Crippen LogP contribution in [0.1, 0.15) is 71.8 Å². The molecule has 0 aliphatic carbocycles. The molecule has 0 radical (unpaired) electrons. The van der Waals surface area contributed by atoms with Crippen LogP contribution < -0.4 is 5.32 Å². The Morgan fingerprint density at radius 2 is 1.64 bits per heavy atom. The van der Waals surface area contributed by atoms with Crippen molar-refractivity contribution < 1.29 is 0 Å². The van der Waals surface area contributed by atoms with Crippen molar-refractivity contribution in [1.82, 2.24) is 25.1 Å². The summed E-state index contributed by atoms with van der Waals surface area (Å²) in [6.07, 6.45) is 15.4. The Hall–Kier alpha value is -3.93. The summed E-state index contributed by atoms with van der Waals surface area (Å²) in [5.41, 5.74) is 9.07. The minimum absolute atomic E-state index is 0.553. The summed E-state index contributed by atoms with van der Waals surface area (Å²) in [6.45, 7) is 15.1. The molecule has 39 heavy (non-hydrogen) atoms. The molecule has 0 amide bonds. The van der Waals surface area contributed by atoms with Gasteiger partial charge in [0.05, 0.1) is 34.8 Å². The van der Waals surface area contributed by atoms with Gasteiger partial charge in [0, 0.05) is 34.4 Å². The van der Waals surface area contributed by atoms with Crippen LogP contribution in [0.3, 0.4) is 0 Å². The molecule has 0 unspecified atom stereocenters. The second-order valence-electron chi connectivity index (χ2n) is 10.8. The molecule has 4 aromatic heterocycles. The smallest absolute Gasteiger partial charge is 0.116 e. The van der Waals surface area contributed by atoms with E-state index in [1.54, 1.807) is 0 Å². The molecule has 3 N–H and O–H groups in total. The summed E-state index contributed by atoms with van der Waals surface area (Å²) in [6, 6.07) is 10.6. The van der Waals surface area contributed by atoms with Crippen LogP contribution in [0.15, 0.2) is 67.4 Å². The number of pyridine rings is 2. The maximum Gasteiger partial charge on any atom is 0.116 e. The number of unbranched alkanes of at least 4 members (excludes halogenated alkanes) is 4. The molecule has 0 saturated carbocycles. The Labute approximate surface area is 232 Å². The number of rotatable bonds is 10. The fraction of sp³-hybridized carbons (Fsp3) is 0.364. The molecule has 5 rings (SSSR count). The van der Waals surface area contributed by atoms with Crippen LogP contribution in [0.2, 0.25) is 0 Å². The fourth-order valence-electron chi connectivity index (χ4n) is 4.81. The zero-order valence-electron chi connectivity index (χ0n) is 24.1. The lowest BCUT2D eigenvalue weighted by Gasteiger charge is -2.12. The summed E-state index contributed by atoms with van der Waals surface area (Å²) in [5.74, 6) is 0.553. The lowest BCUT2D eigenvalue weighted by atomic mass is 10.0. The lowest BCUT2D eigenvalue weighted by molar-refractivity contribution is 0.645. The van der Waals surface area contributed by atoms with Gasteiger partial charge in [0.25, 0.3) is 0 Å². The monoisotopic (exact) mass is 522 g/mol. The average Bonchev–Trinajstić information content (AvgIpc) is 3.53. The first-order chi connectivity index (χ1) is 18.9. The van der Waals surface area contributed by atoms with Crippen LogP contribution in [-0.2, 0) is 0 Å². The van der Waals surface area contributed by atoms with Crippen LogP contribution >= 0.6 is 0 Å². The Morgan fingerprint density at radius 3 is 2.36 bits per heavy atom. The Balaban J connectivity index is 0.000000448. The van der Waals surface area contributed by atoms with Crippen LogP contribution in [-0.4, -0.2) is 25.1 Å². The summed E-state index contributed by atoms with van der Waals surface area (Å²) < 4.78 is 0. The van der Waals surface area contributed by atoms with Gasteiger partial charge >= 0.3 is 0 Å². The number of allylic oxidation sites excluding steroid dienone is 1. The van der Waals surface area contributed by atoms with Crippen molar-refractivity contribution in [3.05, 3.63) is 73.0 Å². The fourth-order valence-corrected chi connectivity index (χ4v) is 4.81. The van der Waals surface area contributed by atoms with Crippen molar-refractivity contribution in [2.45, 2.75) is 73.1 Å². The highest BCUT2D eigenvalue weighted by atomic mass is 15.1. The number of hydrogen-bond donors (Lipinski definition) is 3. The van der Waals surface area contributed by atoms with Gasteiger partial charge in [-0.25, -0.2) is 0 Å². The van der Waals surface area contributed by atoms with E-state index in [-0.39, 0.29) is 0 Å². The minimum atomic E-state index is 0.553. The third kappa shape index (κ3) is 7.14. The second-order valence-corrected chi connectivity index (χ2v) is 10.8. The molecule has 0 spiro atoms. The molecule has 0 bridgehead atoms. The summed E-state index contributed by atoms with van der Waals surface area (Å²) in [5, 5.41) is 13.4. The predicted octanol–water partition coefficient (Wildman–Crippen LogP) is 9.43. The molecule has 204 valence electrons. The van der Waals surface area contributed by atoms with E-state index in [1.165, 1.54) is 32.1 Å². The molecule has 6 heteroatoms. The molecule has 0 aliphatic heterocycles. The highest BCUT2D eigenvalue weighted by molar-refractivity contribution is 5.98. The zero-order chi connectivity index (χ0) is 27.8. The van der Waals surface area contributed by atoms with Gasteiger partial charge in [-0.3, -0.25) is 15.1 Å². The van der Waals surface area contributed by atoms with E-state index in [0.717, 1.165) is 67.7 Å². The summed E-state index contributed by atoms with van der Waals surface area (Å²) in [4.78, 5) is 12.2. The zero-order valence-corrected chi connectivity index (χ0v) is 24.1. The van der Waals surface area contributed by atoms with Crippen molar-refractivity contribution in [3.63, 3.8) is 0 Å². The van der Waals surface area contributed by atoms with Crippen LogP contribution in [0.25, 0.3) is 44.3 Å². The molecule has 0 saturated heterocycles. The third-order valence-corrected chi connectivity index (χ3v) is 6.82. The largest absolute Gasteiger partial charge is 0.358 e. The van der Waals surface area contributed by atoms with E-state index in [4.69, 9.17) is 0 Å². The van der Waals surface area contributed by atoms with Crippen molar-refractivity contribution >= 4 is 27.5 Å². The van der Waals surface area contributed by atoms with Crippen molar-refractivity contribution in [2.24, 2.45) is 5.92 Å². The lowest BCUT2D eigenvalue weighted by Crippen LogP contribution is -2.02. The number of benzene rings is 1. The maximum atomic E-state index is 4.59. The molecule has 5 aromatic rings. The standard InChI is InChI=1S/C26H26N6.C7H16/c1-15(2)7-17(4)29-20-8-19(12-28-13-20)18-5-6-23-22(9-18)26(32-31-23)24-10-21-16(3)11-27-14-25(21)30-24;1-3-5-7-6-4-2/h5-6,8-15,29-30H,4,7H2,1-3H3,(H,31,32);3-7H2,1-2H3. The van der Waals surface area contributed by atoms with Gasteiger partial charge in [0.15, 0.2) is 0 Å². The Kier molecular flexibility index (Phi) is 9.53. The Morgan fingerprint density at radius 1 is 0.872 bits per heavy atom. The van der Waals surface area contributed by atoms with Gasteiger partial charge in [-0.2, -0.15) is 5.10 Å². The number of nitrogens with one attached hydrogen (secondary N) is 3. The topological polar surface area (TPSA) is 82.3 Å². The van der Waals surface area contributed by atoms with Gasteiger partial charge in [-0.1, -0.05) is 72.4 Å². The molecule has 1 aromatic carbocycles. The van der Waals surface area contributed by atoms with Gasteiger partial charge < -0.3 is 10.3 Å². The SMILES string of the molecule is C=C(CC(C)C)Nc1cncc(-c2ccc3[nH]nc(-c4cc5c(C)cncc5[nH]4)c3c2)c1.CCCCCCC. The van der Waals surface area contributed by atoms with Gasteiger partial charge in [0.1, 0.15) is 5.69 Å². The average molecular weight is 523 g/mol. The number of aromatic amines is 2. The van der Waals surface area contributed by atoms with Crippen LogP contribution in [0.4, 0.5) is 5.69 Å². The second kappa shape index (κ2) is 13.2. The normalized spacial score (nSPS) is 11.1. The van der Waals surface area contributed by atoms with Gasteiger partial charge in [-0.05, 0) is 54.7 Å². The number of fused-ring (bicyclic) bond motifs is 2. The van der Waals surface area contributed by atoms with E-state index >= 15 is 0 Å². The molecule has 0 aliphatic rings.